The van der Waals surface area contributed by atoms with Crippen molar-refractivity contribution in [3.63, 3.8) is 0 Å². The van der Waals surface area contributed by atoms with Gasteiger partial charge in [0, 0.05) is 30.9 Å². The van der Waals surface area contributed by atoms with Crippen LogP contribution in [0.4, 0.5) is 11.4 Å². The number of hydrogen-bond donors (Lipinski definition) is 1. The fourth-order valence-corrected chi connectivity index (χ4v) is 2.20. The second-order valence-corrected chi connectivity index (χ2v) is 5.60. The van der Waals surface area contributed by atoms with E-state index in [1.165, 1.54) is 13.8 Å². The van der Waals surface area contributed by atoms with Gasteiger partial charge in [-0.15, -0.1) is 0 Å². The average Bonchev–Trinajstić information content (AvgIpc) is 2.55. The van der Waals surface area contributed by atoms with E-state index in [4.69, 9.17) is 0 Å². The van der Waals surface area contributed by atoms with Gasteiger partial charge in [0.05, 0.1) is 6.42 Å². The lowest BCUT2D eigenvalue weighted by Crippen LogP contribution is -2.22. The number of hydrogen-bond acceptors (Lipinski definition) is 3. The van der Waals surface area contributed by atoms with Crippen LogP contribution in [0.15, 0.2) is 48.5 Å². The van der Waals surface area contributed by atoms with Crippen LogP contribution >= 0.6 is 0 Å². The molecule has 0 spiro atoms. The summed E-state index contributed by atoms with van der Waals surface area (Å²) in [6, 6.07) is 14.1. The Morgan fingerprint density at radius 3 is 2.00 bits per heavy atom. The van der Waals surface area contributed by atoms with E-state index < -0.39 is 0 Å². The molecule has 2 amide bonds. The van der Waals surface area contributed by atoms with Gasteiger partial charge in [0.25, 0.3) is 0 Å². The first-order chi connectivity index (χ1) is 11.4. The molecule has 2 aromatic rings. The Bertz CT molecular complexity index is 749. The van der Waals surface area contributed by atoms with Gasteiger partial charge in [0.1, 0.15) is 0 Å². The molecule has 2 rings (SSSR count). The molecule has 0 saturated carbocycles. The molecule has 0 bridgehead atoms. The minimum absolute atomic E-state index is 0.0107. The number of carbonyl (C=O) groups excluding carboxylic acids is 3. The van der Waals surface area contributed by atoms with Crippen molar-refractivity contribution in [1.82, 2.24) is 0 Å². The fourth-order valence-electron chi connectivity index (χ4n) is 2.20. The Balaban J connectivity index is 1.97. The fraction of sp³-hybridized carbons (Fsp3) is 0.211. The van der Waals surface area contributed by atoms with Crippen LogP contribution in [-0.4, -0.2) is 24.6 Å². The Morgan fingerprint density at radius 2 is 1.50 bits per heavy atom. The van der Waals surface area contributed by atoms with Crippen molar-refractivity contribution in [2.75, 3.05) is 17.3 Å². The number of nitrogens with zero attached hydrogens (tertiary/aromatic N) is 1. The molecule has 2 aromatic carbocycles. The number of amides is 2. The van der Waals surface area contributed by atoms with E-state index in [1.54, 1.807) is 36.2 Å². The molecule has 1 N–H and O–H groups in total. The first-order valence-electron chi connectivity index (χ1n) is 7.61. The van der Waals surface area contributed by atoms with Crippen molar-refractivity contribution in [1.29, 1.82) is 0 Å². The zero-order chi connectivity index (χ0) is 17.7. The van der Waals surface area contributed by atoms with Crippen LogP contribution in [0.3, 0.4) is 0 Å². The monoisotopic (exact) mass is 324 g/mol. The maximum absolute atomic E-state index is 12.1. The lowest BCUT2D eigenvalue weighted by Gasteiger charge is -2.15. The van der Waals surface area contributed by atoms with E-state index in [9.17, 15) is 14.4 Å². The van der Waals surface area contributed by atoms with Gasteiger partial charge >= 0.3 is 0 Å². The van der Waals surface area contributed by atoms with Crippen molar-refractivity contribution >= 4 is 29.0 Å². The molecule has 0 fully saturated rings. The summed E-state index contributed by atoms with van der Waals surface area (Å²) in [7, 11) is 1.70. The van der Waals surface area contributed by atoms with E-state index >= 15 is 0 Å². The number of nitrogens with one attached hydrogen (secondary N) is 1. The highest BCUT2D eigenvalue weighted by Gasteiger charge is 2.08. The van der Waals surface area contributed by atoms with Crippen LogP contribution < -0.4 is 10.2 Å². The van der Waals surface area contributed by atoms with E-state index in [0.717, 1.165) is 11.3 Å². The number of benzene rings is 2. The van der Waals surface area contributed by atoms with Crippen LogP contribution in [0.1, 0.15) is 29.8 Å². The summed E-state index contributed by atoms with van der Waals surface area (Å²) in [4.78, 5) is 36.2. The molecule has 124 valence electrons. The van der Waals surface area contributed by atoms with Gasteiger partial charge in [-0.2, -0.15) is 0 Å². The van der Waals surface area contributed by atoms with Gasteiger partial charge in [-0.25, -0.2) is 0 Å². The third-order valence-electron chi connectivity index (χ3n) is 3.74. The van der Waals surface area contributed by atoms with Gasteiger partial charge in [-0.3, -0.25) is 14.4 Å². The third-order valence-corrected chi connectivity index (χ3v) is 3.74. The van der Waals surface area contributed by atoms with E-state index in [0.29, 0.717) is 11.3 Å². The predicted molar refractivity (Wildman–Crippen MR) is 94.3 cm³/mol. The van der Waals surface area contributed by atoms with Crippen molar-refractivity contribution < 1.29 is 14.4 Å². The Morgan fingerprint density at radius 1 is 0.917 bits per heavy atom. The summed E-state index contributed by atoms with van der Waals surface area (Å²) in [5.74, 6) is -0.198. The molecule has 24 heavy (non-hydrogen) atoms. The number of Topliss-reactive ketones (excluding diaryl/α,β-unsaturated/α-hetero) is 1. The first kappa shape index (κ1) is 17.4. The van der Waals surface area contributed by atoms with Gasteiger partial charge in [-0.05, 0) is 48.9 Å². The minimum atomic E-state index is -0.141. The molecular weight excluding hydrogens is 304 g/mol. The average molecular weight is 324 g/mol. The molecule has 0 radical (unpaired) electrons. The number of carbonyl (C=O) groups is 3. The van der Waals surface area contributed by atoms with Crippen molar-refractivity contribution in [3.8, 4) is 0 Å². The quantitative estimate of drug-likeness (QED) is 0.860. The van der Waals surface area contributed by atoms with Gasteiger partial charge in [-0.1, -0.05) is 12.1 Å². The SMILES string of the molecule is CC(=O)c1ccc(NC(=O)Cc2ccc(N(C)C(C)=O)cc2)cc1. The Labute approximate surface area is 141 Å². The van der Waals surface area contributed by atoms with Gasteiger partial charge < -0.3 is 10.2 Å². The standard InChI is InChI=1S/C19H20N2O3/c1-13(22)16-6-8-17(9-7-16)20-19(24)12-15-4-10-18(11-5-15)21(3)14(2)23/h4-11H,12H2,1-3H3,(H,20,24). The second-order valence-electron chi connectivity index (χ2n) is 5.60. The van der Waals surface area contributed by atoms with Crippen LogP contribution in [0.25, 0.3) is 0 Å². The topological polar surface area (TPSA) is 66.5 Å². The molecule has 0 aliphatic rings. The molecule has 0 aromatic heterocycles. The van der Waals surface area contributed by atoms with Crippen LogP contribution in [-0.2, 0) is 16.0 Å². The van der Waals surface area contributed by atoms with Crippen LogP contribution in [0.2, 0.25) is 0 Å². The second kappa shape index (κ2) is 7.55. The van der Waals surface area contributed by atoms with Gasteiger partial charge in [0.15, 0.2) is 5.78 Å². The lowest BCUT2D eigenvalue weighted by atomic mass is 10.1. The molecule has 0 heterocycles. The molecule has 5 heteroatoms. The number of rotatable bonds is 5. The molecule has 0 saturated heterocycles. The first-order valence-corrected chi connectivity index (χ1v) is 7.61. The maximum Gasteiger partial charge on any atom is 0.228 e. The number of anilines is 2. The van der Waals surface area contributed by atoms with Crippen molar-refractivity contribution in [2.45, 2.75) is 20.3 Å². The van der Waals surface area contributed by atoms with Crippen LogP contribution in [0.5, 0.6) is 0 Å². The summed E-state index contributed by atoms with van der Waals surface area (Å²) < 4.78 is 0. The summed E-state index contributed by atoms with van der Waals surface area (Å²) in [6.45, 7) is 3.00. The smallest absolute Gasteiger partial charge is 0.228 e. The van der Waals surface area contributed by atoms with Crippen LogP contribution in [0, 0.1) is 0 Å². The lowest BCUT2D eigenvalue weighted by molar-refractivity contribution is -0.116. The van der Waals surface area contributed by atoms with Crippen molar-refractivity contribution in [2.24, 2.45) is 0 Å². The zero-order valence-corrected chi connectivity index (χ0v) is 14.0. The molecule has 5 nitrogen and oxygen atoms in total. The summed E-state index contributed by atoms with van der Waals surface area (Å²) in [5.41, 5.74) is 2.90. The minimum Gasteiger partial charge on any atom is -0.326 e. The predicted octanol–water partition coefficient (Wildman–Crippen LogP) is 3.05. The highest BCUT2D eigenvalue weighted by Crippen LogP contribution is 2.15. The summed E-state index contributed by atoms with van der Waals surface area (Å²) in [6.07, 6.45) is 0.235. The van der Waals surface area contributed by atoms with E-state index in [-0.39, 0.29) is 24.0 Å². The van der Waals surface area contributed by atoms with Crippen molar-refractivity contribution in [3.05, 3.63) is 59.7 Å². The summed E-state index contributed by atoms with van der Waals surface area (Å²) >= 11 is 0. The summed E-state index contributed by atoms with van der Waals surface area (Å²) in [5, 5.41) is 2.80. The van der Waals surface area contributed by atoms with Gasteiger partial charge in [0.2, 0.25) is 11.8 Å². The molecule has 0 aliphatic carbocycles. The Hall–Kier alpha value is -2.95. The molecule has 0 atom stereocenters. The number of ketones is 1. The van der Waals surface area contributed by atoms with E-state index in [1.807, 2.05) is 24.3 Å². The van der Waals surface area contributed by atoms with E-state index in [2.05, 4.69) is 5.32 Å². The highest BCUT2D eigenvalue weighted by atomic mass is 16.2. The largest absolute Gasteiger partial charge is 0.326 e. The molecule has 0 aliphatic heterocycles. The molecule has 0 unspecified atom stereocenters. The Kier molecular flexibility index (Phi) is 5.47. The normalized spacial score (nSPS) is 10.1. The third kappa shape index (κ3) is 4.52. The maximum atomic E-state index is 12.1. The molecular formula is C19H20N2O3. The highest BCUT2D eigenvalue weighted by molar-refractivity contribution is 5.96. The zero-order valence-electron chi connectivity index (χ0n) is 14.0.